The summed E-state index contributed by atoms with van der Waals surface area (Å²) in [6, 6.07) is 15.6. The molecule has 2 heterocycles. The van der Waals surface area contributed by atoms with E-state index < -0.39 is 6.04 Å². The van der Waals surface area contributed by atoms with Gasteiger partial charge in [0.1, 0.15) is 6.04 Å². The van der Waals surface area contributed by atoms with Gasteiger partial charge in [0.15, 0.2) is 0 Å². The first-order valence-electron chi connectivity index (χ1n) is 10.4. The Hall–Kier alpha value is -2.99. The van der Waals surface area contributed by atoms with Gasteiger partial charge >= 0.3 is 0 Å². The SMILES string of the molecule is CN1CCC(N(C)C(=O)C(Cc2ccccc2)N2C(=O)c3ccccc3C2=O)CC1. The molecule has 2 aliphatic heterocycles. The first-order chi connectivity index (χ1) is 14.5. The number of nitrogens with zero attached hydrogens (tertiary/aromatic N) is 3. The molecule has 6 nitrogen and oxygen atoms in total. The Bertz CT molecular complexity index is 916. The van der Waals surface area contributed by atoms with Crippen LogP contribution in [0.5, 0.6) is 0 Å². The molecule has 0 aromatic heterocycles. The molecule has 1 atom stereocenters. The van der Waals surface area contributed by atoms with Crippen LogP contribution in [0, 0.1) is 0 Å². The smallest absolute Gasteiger partial charge is 0.262 e. The molecular formula is C24H27N3O3. The van der Waals surface area contributed by atoms with Crippen molar-refractivity contribution in [2.24, 2.45) is 0 Å². The standard InChI is InChI=1S/C24H27N3O3/c1-25-14-12-18(13-15-25)26(2)24(30)21(16-17-8-4-3-5-9-17)27-22(28)19-10-6-7-11-20(19)23(27)29/h3-11,18,21H,12-16H2,1-2H3. The largest absolute Gasteiger partial charge is 0.341 e. The lowest BCUT2D eigenvalue weighted by Crippen LogP contribution is -2.54. The Balaban J connectivity index is 1.64. The zero-order valence-corrected chi connectivity index (χ0v) is 17.5. The summed E-state index contributed by atoms with van der Waals surface area (Å²) in [6.45, 7) is 1.86. The third-order valence-electron chi connectivity index (χ3n) is 6.28. The molecule has 4 rings (SSSR count). The Morgan fingerprint density at radius 3 is 2.07 bits per heavy atom. The van der Waals surface area contributed by atoms with E-state index in [-0.39, 0.29) is 23.8 Å². The number of likely N-dealkylation sites (N-methyl/N-ethyl adjacent to an activating group) is 1. The summed E-state index contributed by atoms with van der Waals surface area (Å²) in [5.74, 6) is -0.953. The van der Waals surface area contributed by atoms with Crippen LogP contribution in [0.1, 0.15) is 39.1 Å². The van der Waals surface area contributed by atoms with Crippen molar-refractivity contribution in [2.75, 3.05) is 27.2 Å². The zero-order chi connectivity index (χ0) is 21.3. The van der Waals surface area contributed by atoms with Crippen LogP contribution >= 0.6 is 0 Å². The Morgan fingerprint density at radius 2 is 1.50 bits per heavy atom. The minimum Gasteiger partial charge on any atom is -0.341 e. The van der Waals surface area contributed by atoms with Gasteiger partial charge in [-0.05, 0) is 50.7 Å². The van der Waals surface area contributed by atoms with Crippen molar-refractivity contribution in [1.29, 1.82) is 0 Å². The van der Waals surface area contributed by atoms with E-state index in [0.29, 0.717) is 17.5 Å². The summed E-state index contributed by atoms with van der Waals surface area (Å²) in [6.07, 6.45) is 2.08. The van der Waals surface area contributed by atoms with Gasteiger partial charge in [0.05, 0.1) is 11.1 Å². The van der Waals surface area contributed by atoms with E-state index in [2.05, 4.69) is 11.9 Å². The molecule has 2 aliphatic rings. The van der Waals surface area contributed by atoms with Crippen LogP contribution in [0.4, 0.5) is 0 Å². The molecule has 0 bridgehead atoms. The predicted octanol–water partition coefficient (Wildman–Crippen LogP) is 2.45. The third kappa shape index (κ3) is 3.75. The summed E-state index contributed by atoms with van der Waals surface area (Å²) < 4.78 is 0. The topological polar surface area (TPSA) is 60.9 Å². The lowest BCUT2D eigenvalue weighted by atomic mass is 9.99. The number of hydrogen-bond donors (Lipinski definition) is 0. The van der Waals surface area contributed by atoms with E-state index in [1.54, 1.807) is 36.2 Å². The van der Waals surface area contributed by atoms with Gasteiger partial charge in [-0.1, -0.05) is 42.5 Å². The molecule has 6 heteroatoms. The van der Waals surface area contributed by atoms with Crippen LogP contribution < -0.4 is 0 Å². The number of amides is 3. The van der Waals surface area contributed by atoms with Crippen LogP contribution in [0.2, 0.25) is 0 Å². The van der Waals surface area contributed by atoms with E-state index in [1.807, 2.05) is 30.3 Å². The average Bonchev–Trinajstić information content (AvgIpc) is 3.03. The first kappa shape index (κ1) is 20.3. The maximum Gasteiger partial charge on any atom is 0.262 e. The molecule has 1 saturated heterocycles. The van der Waals surface area contributed by atoms with Crippen molar-refractivity contribution in [3.8, 4) is 0 Å². The molecular weight excluding hydrogens is 378 g/mol. The molecule has 3 amide bonds. The highest BCUT2D eigenvalue weighted by Gasteiger charge is 2.44. The van der Waals surface area contributed by atoms with Gasteiger partial charge in [-0.15, -0.1) is 0 Å². The van der Waals surface area contributed by atoms with Gasteiger partial charge in [-0.25, -0.2) is 0 Å². The molecule has 0 aliphatic carbocycles. The van der Waals surface area contributed by atoms with Crippen LogP contribution in [-0.4, -0.2) is 71.7 Å². The Morgan fingerprint density at radius 1 is 0.967 bits per heavy atom. The van der Waals surface area contributed by atoms with Crippen molar-refractivity contribution in [3.63, 3.8) is 0 Å². The maximum absolute atomic E-state index is 13.6. The summed E-state index contributed by atoms with van der Waals surface area (Å²) in [5, 5.41) is 0. The minimum atomic E-state index is -0.857. The van der Waals surface area contributed by atoms with Gasteiger partial charge in [0.25, 0.3) is 11.8 Å². The molecule has 0 spiro atoms. The van der Waals surface area contributed by atoms with E-state index in [4.69, 9.17) is 0 Å². The van der Waals surface area contributed by atoms with Crippen LogP contribution in [0.15, 0.2) is 54.6 Å². The van der Waals surface area contributed by atoms with Gasteiger partial charge < -0.3 is 9.80 Å². The Labute approximate surface area is 177 Å². The molecule has 0 radical (unpaired) electrons. The van der Waals surface area contributed by atoms with Crippen molar-refractivity contribution in [3.05, 3.63) is 71.3 Å². The number of hydrogen-bond acceptors (Lipinski definition) is 4. The number of piperidine rings is 1. The second-order valence-electron chi connectivity index (χ2n) is 8.22. The molecule has 30 heavy (non-hydrogen) atoms. The number of likely N-dealkylation sites (tertiary alicyclic amines) is 1. The number of rotatable bonds is 5. The summed E-state index contributed by atoms with van der Waals surface area (Å²) >= 11 is 0. The molecule has 1 fully saturated rings. The third-order valence-corrected chi connectivity index (χ3v) is 6.28. The van der Waals surface area contributed by atoms with Gasteiger partial charge in [-0.3, -0.25) is 19.3 Å². The van der Waals surface area contributed by atoms with Gasteiger partial charge in [0.2, 0.25) is 5.91 Å². The number of carbonyl (C=O) groups excluding carboxylic acids is 3. The van der Waals surface area contributed by atoms with Crippen molar-refractivity contribution in [2.45, 2.75) is 31.3 Å². The summed E-state index contributed by atoms with van der Waals surface area (Å²) in [7, 11) is 3.88. The highest BCUT2D eigenvalue weighted by atomic mass is 16.2. The van der Waals surface area contributed by atoms with Crippen molar-refractivity contribution >= 4 is 17.7 Å². The van der Waals surface area contributed by atoms with E-state index in [0.717, 1.165) is 31.5 Å². The van der Waals surface area contributed by atoms with Gasteiger partial charge in [-0.2, -0.15) is 0 Å². The van der Waals surface area contributed by atoms with Crippen LogP contribution in [-0.2, 0) is 11.2 Å². The summed E-state index contributed by atoms with van der Waals surface area (Å²) in [4.78, 5) is 45.0. The van der Waals surface area contributed by atoms with Crippen molar-refractivity contribution < 1.29 is 14.4 Å². The molecule has 0 saturated carbocycles. The molecule has 156 valence electrons. The fourth-order valence-electron chi connectivity index (χ4n) is 4.41. The van der Waals surface area contributed by atoms with Crippen LogP contribution in [0.3, 0.4) is 0 Å². The number of fused-ring (bicyclic) bond motifs is 1. The second-order valence-corrected chi connectivity index (χ2v) is 8.22. The highest BCUT2D eigenvalue weighted by Crippen LogP contribution is 2.27. The predicted molar refractivity (Wildman–Crippen MR) is 114 cm³/mol. The number of imide groups is 1. The van der Waals surface area contributed by atoms with Gasteiger partial charge in [0, 0.05) is 19.5 Å². The van der Waals surface area contributed by atoms with E-state index in [9.17, 15) is 14.4 Å². The quantitative estimate of drug-likeness (QED) is 0.717. The fourth-order valence-corrected chi connectivity index (χ4v) is 4.41. The molecule has 2 aromatic carbocycles. The van der Waals surface area contributed by atoms with E-state index >= 15 is 0 Å². The fraction of sp³-hybridized carbons (Fsp3) is 0.375. The summed E-state index contributed by atoms with van der Waals surface area (Å²) in [5.41, 5.74) is 1.66. The molecule has 2 aromatic rings. The normalized spacial score (nSPS) is 18.4. The average molecular weight is 405 g/mol. The first-order valence-corrected chi connectivity index (χ1v) is 10.4. The Kier molecular flexibility index (Phi) is 5.68. The number of benzene rings is 2. The maximum atomic E-state index is 13.6. The van der Waals surface area contributed by atoms with Crippen molar-refractivity contribution in [1.82, 2.24) is 14.7 Å². The second kappa shape index (κ2) is 8.40. The van der Waals surface area contributed by atoms with E-state index in [1.165, 1.54) is 4.90 Å². The highest BCUT2D eigenvalue weighted by molar-refractivity contribution is 6.22. The van der Waals surface area contributed by atoms with Crippen LogP contribution in [0.25, 0.3) is 0 Å². The molecule has 1 unspecified atom stereocenters. The lowest BCUT2D eigenvalue weighted by molar-refractivity contribution is -0.137. The lowest BCUT2D eigenvalue weighted by Gasteiger charge is -2.38. The minimum absolute atomic E-state index is 0.113. The molecule has 0 N–H and O–H groups in total. The monoisotopic (exact) mass is 405 g/mol. The zero-order valence-electron chi connectivity index (χ0n) is 17.5. The number of carbonyl (C=O) groups is 3.